The number of nitrogens with one attached hydrogen (secondary N) is 1. The SMILES string of the molecule is Nc1nc(NCCCn2cc(C(=O)OCC3(N)CCCC3)c(-c3ccc(Cl)cc3Cl)c2)ccc1[N+](=O)[O-]. The van der Waals surface area contributed by atoms with Gasteiger partial charge in [-0.1, -0.05) is 42.1 Å². The number of halogens is 2. The van der Waals surface area contributed by atoms with Crippen molar-refractivity contribution in [2.45, 2.75) is 44.2 Å². The number of carbonyl (C=O) groups is 1. The van der Waals surface area contributed by atoms with Gasteiger partial charge in [0.15, 0.2) is 0 Å². The van der Waals surface area contributed by atoms with E-state index >= 15 is 0 Å². The number of nitrogen functional groups attached to an aromatic ring is 1. The van der Waals surface area contributed by atoms with Gasteiger partial charge in [0.1, 0.15) is 12.4 Å². The molecule has 0 radical (unpaired) electrons. The van der Waals surface area contributed by atoms with Crippen molar-refractivity contribution in [1.82, 2.24) is 9.55 Å². The Hall–Kier alpha value is -3.34. The van der Waals surface area contributed by atoms with Crippen LogP contribution < -0.4 is 16.8 Å². The van der Waals surface area contributed by atoms with Crippen molar-refractivity contribution >= 4 is 46.5 Å². The number of carbonyl (C=O) groups excluding carboxylic acids is 1. The van der Waals surface area contributed by atoms with Crippen molar-refractivity contribution < 1.29 is 14.5 Å². The smallest absolute Gasteiger partial charge is 0.340 e. The van der Waals surface area contributed by atoms with Crippen molar-refractivity contribution in [1.29, 1.82) is 0 Å². The van der Waals surface area contributed by atoms with Gasteiger partial charge in [0.2, 0.25) is 5.82 Å². The third kappa shape index (κ3) is 6.51. The Morgan fingerprint density at radius 2 is 1.95 bits per heavy atom. The number of pyridine rings is 1. The summed E-state index contributed by atoms with van der Waals surface area (Å²) in [5.41, 5.74) is 13.0. The summed E-state index contributed by atoms with van der Waals surface area (Å²) in [5, 5.41) is 14.9. The van der Waals surface area contributed by atoms with E-state index in [1.54, 1.807) is 24.4 Å². The Morgan fingerprint density at radius 1 is 1.19 bits per heavy atom. The summed E-state index contributed by atoms with van der Waals surface area (Å²) < 4.78 is 7.54. The molecular formula is C25H28Cl2N6O4. The van der Waals surface area contributed by atoms with Crippen LogP contribution in [-0.2, 0) is 11.3 Å². The highest BCUT2D eigenvalue weighted by Crippen LogP contribution is 2.34. The largest absolute Gasteiger partial charge is 0.460 e. The van der Waals surface area contributed by atoms with Gasteiger partial charge in [-0.25, -0.2) is 9.78 Å². The van der Waals surface area contributed by atoms with Crippen LogP contribution in [0.1, 0.15) is 42.5 Å². The lowest BCUT2D eigenvalue weighted by molar-refractivity contribution is -0.384. The monoisotopic (exact) mass is 546 g/mol. The van der Waals surface area contributed by atoms with E-state index in [4.69, 9.17) is 39.4 Å². The van der Waals surface area contributed by atoms with E-state index in [0.717, 1.165) is 25.7 Å². The molecular weight excluding hydrogens is 519 g/mol. The minimum absolute atomic E-state index is 0.148. The molecule has 0 unspecified atom stereocenters. The molecule has 0 aliphatic heterocycles. The lowest BCUT2D eigenvalue weighted by Crippen LogP contribution is -2.42. The number of aryl methyl sites for hydroxylation is 1. The van der Waals surface area contributed by atoms with Gasteiger partial charge in [-0.3, -0.25) is 10.1 Å². The number of nitrogens with two attached hydrogens (primary N) is 2. The number of hydrogen-bond donors (Lipinski definition) is 3. The Balaban J connectivity index is 1.46. The molecule has 4 rings (SSSR count). The van der Waals surface area contributed by atoms with Crippen LogP contribution in [0.2, 0.25) is 10.0 Å². The summed E-state index contributed by atoms with van der Waals surface area (Å²) >= 11 is 12.5. The first-order valence-electron chi connectivity index (χ1n) is 11.9. The van der Waals surface area contributed by atoms with Gasteiger partial charge in [-0.15, -0.1) is 0 Å². The third-order valence-electron chi connectivity index (χ3n) is 6.41. The first-order valence-corrected chi connectivity index (χ1v) is 12.7. The zero-order chi connectivity index (χ0) is 26.6. The minimum atomic E-state index is -0.577. The van der Waals surface area contributed by atoms with Crippen LogP contribution in [0, 0.1) is 10.1 Å². The standard InChI is InChI=1S/C25H28Cl2N6O4/c26-16-4-5-17(20(27)12-16)18-13-32(14-19(18)24(34)37-15-25(29)8-1-2-9-25)11-3-10-30-22-7-6-21(33(35)36)23(28)31-22/h4-7,12-14H,1-3,8-11,15,29H2,(H3,28,30,31). The normalized spacial score (nSPS) is 14.5. The second-order valence-electron chi connectivity index (χ2n) is 9.23. The highest BCUT2D eigenvalue weighted by atomic mass is 35.5. The molecule has 1 fully saturated rings. The maximum Gasteiger partial charge on any atom is 0.340 e. The van der Waals surface area contributed by atoms with Gasteiger partial charge in [0.05, 0.1) is 16.0 Å². The van der Waals surface area contributed by atoms with Gasteiger partial charge >= 0.3 is 11.7 Å². The number of ether oxygens (including phenoxy) is 1. The van der Waals surface area contributed by atoms with Gasteiger partial charge in [0.25, 0.3) is 0 Å². The zero-order valence-corrected chi connectivity index (χ0v) is 21.6. The molecule has 1 aliphatic carbocycles. The highest BCUT2D eigenvalue weighted by molar-refractivity contribution is 6.36. The van der Waals surface area contributed by atoms with Gasteiger partial charge in [-0.05, 0) is 37.5 Å². The number of rotatable bonds is 10. The first kappa shape index (κ1) is 26.7. The lowest BCUT2D eigenvalue weighted by Gasteiger charge is -2.22. The van der Waals surface area contributed by atoms with Crippen molar-refractivity contribution in [2.24, 2.45) is 5.73 Å². The molecule has 0 amide bonds. The predicted molar refractivity (Wildman–Crippen MR) is 144 cm³/mol. The molecule has 196 valence electrons. The first-order chi connectivity index (χ1) is 17.6. The van der Waals surface area contributed by atoms with Crippen LogP contribution in [0.4, 0.5) is 17.3 Å². The highest BCUT2D eigenvalue weighted by Gasteiger charge is 2.31. The second-order valence-corrected chi connectivity index (χ2v) is 10.1. The summed E-state index contributed by atoms with van der Waals surface area (Å²) in [5.74, 6) is -0.166. The number of hydrogen-bond acceptors (Lipinski definition) is 8. The maximum atomic E-state index is 13.1. The van der Waals surface area contributed by atoms with E-state index in [1.165, 1.54) is 12.1 Å². The van der Waals surface area contributed by atoms with Gasteiger partial charge in [0, 0.05) is 52.7 Å². The summed E-state index contributed by atoms with van der Waals surface area (Å²) in [7, 11) is 0. The van der Waals surface area contributed by atoms with Crippen molar-refractivity contribution in [3.05, 3.63) is 68.4 Å². The van der Waals surface area contributed by atoms with E-state index in [0.29, 0.717) is 52.1 Å². The molecule has 12 heteroatoms. The molecule has 10 nitrogen and oxygen atoms in total. The Labute approximate surface area is 224 Å². The summed E-state index contributed by atoms with van der Waals surface area (Å²) in [6.07, 6.45) is 7.99. The Bertz CT molecular complexity index is 1310. The van der Waals surface area contributed by atoms with Crippen LogP contribution in [0.15, 0.2) is 42.7 Å². The summed E-state index contributed by atoms with van der Waals surface area (Å²) in [6.45, 7) is 1.26. The van der Waals surface area contributed by atoms with E-state index in [2.05, 4.69) is 10.3 Å². The molecule has 37 heavy (non-hydrogen) atoms. The van der Waals surface area contributed by atoms with E-state index in [9.17, 15) is 14.9 Å². The second kappa shape index (κ2) is 11.4. The molecule has 0 atom stereocenters. The van der Waals surface area contributed by atoms with Crippen LogP contribution >= 0.6 is 23.2 Å². The topological polar surface area (TPSA) is 151 Å². The fourth-order valence-electron chi connectivity index (χ4n) is 4.43. The molecule has 0 spiro atoms. The average Bonchev–Trinajstić information content (AvgIpc) is 3.47. The van der Waals surface area contributed by atoms with Crippen molar-refractivity contribution in [2.75, 3.05) is 24.2 Å². The minimum Gasteiger partial charge on any atom is -0.460 e. The molecule has 5 N–H and O–H groups in total. The molecule has 1 aromatic carbocycles. The van der Waals surface area contributed by atoms with E-state index in [1.807, 2.05) is 10.8 Å². The predicted octanol–water partition coefficient (Wildman–Crippen LogP) is 5.28. The van der Waals surface area contributed by atoms with Gasteiger partial charge < -0.3 is 26.1 Å². The lowest BCUT2D eigenvalue weighted by atomic mass is 10.0. The van der Waals surface area contributed by atoms with E-state index < -0.39 is 16.4 Å². The van der Waals surface area contributed by atoms with Crippen LogP contribution in [0.3, 0.4) is 0 Å². The number of aromatic nitrogens is 2. The summed E-state index contributed by atoms with van der Waals surface area (Å²) in [6, 6.07) is 7.94. The van der Waals surface area contributed by atoms with Crippen molar-refractivity contribution in [3.8, 4) is 11.1 Å². The van der Waals surface area contributed by atoms with E-state index in [-0.39, 0.29) is 18.1 Å². The fourth-order valence-corrected chi connectivity index (χ4v) is 4.94. The Kier molecular flexibility index (Phi) is 8.21. The number of nitro groups is 1. The number of anilines is 2. The molecule has 2 aromatic heterocycles. The molecule has 0 saturated heterocycles. The van der Waals surface area contributed by atoms with Gasteiger partial charge in [-0.2, -0.15) is 0 Å². The summed E-state index contributed by atoms with van der Waals surface area (Å²) in [4.78, 5) is 27.5. The molecule has 0 bridgehead atoms. The quantitative estimate of drug-likeness (QED) is 0.134. The maximum absolute atomic E-state index is 13.1. The average molecular weight is 547 g/mol. The van der Waals surface area contributed by atoms with Crippen LogP contribution in [0.25, 0.3) is 11.1 Å². The number of benzene rings is 1. The molecule has 3 aromatic rings. The fraction of sp³-hybridized carbons (Fsp3) is 0.360. The number of esters is 1. The van der Waals surface area contributed by atoms with Crippen LogP contribution in [-0.4, -0.2) is 39.1 Å². The van der Waals surface area contributed by atoms with Crippen LogP contribution in [0.5, 0.6) is 0 Å². The zero-order valence-electron chi connectivity index (χ0n) is 20.1. The van der Waals surface area contributed by atoms with Crippen molar-refractivity contribution in [3.63, 3.8) is 0 Å². The third-order valence-corrected chi connectivity index (χ3v) is 6.96. The Morgan fingerprint density at radius 3 is 2.62 bits per heavy atom. The number of nitrogens with zero attached hydrogens (tertiary/aromatic N) is 3. The molecule has 2 heterocycles. The molecule has 1 saturated carbocycles. The molecule has 1 aliphatic rings.